The SMILES string of the molecule is O=C(O)CCCCCCCCCCCCCCCCCCCCCCP(=O)(O)O. The molecule has 0 aromatic carbocycles. The van der Waals surface area contributed by atoms with E-state index in [4.69, 9.17) is 14.9 Å². The molecule has 0 amide bonds. The molecule has 3 N–H and O–H groups in total. The first-order chi connectivity index (χ1) is 13.9. The fourth-order valence-corrected chi connectivity index (χ4v) is 4.41. The van der Waals surface area contributed by atoms with Crippen LogP contribution in [0.3, 0.4) is 0 Å². The Morgan fingerprint density at radius 1 is 0.483 bits per heavy atom. The molecule has 0 rings (SSSR count). The van der Waals surface area contributed by atoms with Gasteiger partial charge in [-0.25, -0.2) is 0 Å². The third-order valence-corrected chi connectivity index (χ3v) is 6.49. The molecule has 174 valence electrons. The lowest BCUT2D eigenvalue weighted by Crippen LogP contribution is -1.93. The van der Waals surface area contributed by atoms with E-state index in [1.54, 1.807) is 0 Å². The van der Waals surface area contributed by atoms with Crippen LogP contribution in [-0.2, 0) is 9.36 Å². The zero-order valence-electron chi connectivity index (χ0n) is 18.7. The van der Waals surface area contributed by atoms with E-state index in [0.717, 1.165) is 25.7 Å². The predicted octanol–water partition coefficient (Wildman–Crippen LogP) is 7.44. The number of carbonyl (C=O) groups is 1. The molecule has 29 heavy (non-hydrogen) atoms. The summed E-state index contributed by atoms with van der Waals surface area (Å²) in [5, 5.41) is 8.57. The lowest BCUT2D eigenvalue weighted by Gasteiger charge is -2.05. The van der Waals surface area contributed by atoms with E-state index in [0.29, 0.717) is 12.8 Å². The summed E-state index contributed by atoms with van der Waals surface area (Å²) in [6.07, 6.45) is 24.6. The maximum atomic E-state index is 10.7. The van der Waals surface area contributed by atoms with Gasteiger partial charge in [-0.2, -0.15) is 0 Å². The van der Waals surface area contributed by atoms with E-state index >= 15 is 0 Å². The third-order valence-electron chi connectivity index (χ3n) is 5.59. The van der Waals surface area contributed by atoms with Crippen LogP contribution in [0.25, 0.3) is 0 Å². The van der Waals surface area contributed by atoms with Crippen LogP contribution in [0.15, 0.2) is 0 Å². The Labute approximate surface area is 179 Å². The Balaban J connectivity index is 3.05. The molecule has 0 spiro atoms. The van der Waals surface area contributed by atoms with Gasteiger partial charge in [-0.1, -0.05) is 116 Å². The van der Waals surface area contributed by atoms with Crippen molar-refractivity contribution in [1.29, 1.82) is 0 Å². The molecule has 0 aliphatic heterocycles. The van der Waals surface area contributed by atoms with Crippen LogP contribution >= 0.6 is 7.60 Å². The molecule has 0 saturated carbocycles. The topological polar surface area (TPSA) is 94.8 Å². The molecular weight excluding hydrogens is 387 g/mol. The van der Waals surface area contributed by atoms with E-state index in [2.05, 4.69) is 0 Å². The second-order valence-corrected chi connectivity index (χ2v) is 10.4. The van der Waals surface area contributed by atoms with Crippen LogP contribution in [0.2, 0.25) is 0 Å². The summed E-state index contributed by atoms with van der Waals surface area (Å²) in [6.45, 7) is 0. The molecule has 0 radical (unpaired) electrons. The summed E-state index contributed by atoms with van der Waals surface area (Å²) in [4.78, 5) is 28.0. The second kappa shape index (κ2) is 20.9. The van der Waals surface area contributed by atoms with E-state index < -0.39 is 13.6 Å². The average Bonchev–Trinajstić information content (AvgIpc) is 2.64. The second-order valence-electron chi connectivity index (χ2n) is 8.60. The van der Waals surface area contributed by atoms with Gasteiger partial charge in [0.05, 0.1) is 0 Å². The van der Waals surface area contributed by atoms with Gasteiger partial charge in [0.1, 0.15) is 0 Å². The highest BCUT2D eigenvalue weighted by Gasteiger charge is 2.10. The van der Waals surface area contributed by atoms with Gasteiger partial charge < -0.3 is 14.9 Å². The Morgan fingerprint density at radius 3 is 0.966 bits per heavy atom. The molecule has 0 aliphatic rings. The number of unbranched alkanes of at least 4 members (excludes halogenated alkanes) is 19. The van der Waals surface area contributed by atoms with Crippen LogP contribution in [0.5, 0.6) is 0 Å². The van der Waals surface area contributed by atoms with Crippen molar-refractivity contribution in [2.45, 2.75) is 135 Å². The Hall–Kier alpha value is -0.380. The lowest BCUT2D eigenvalue weighted by atomic mass is 10.0. The van der Waals surface area contributed by atoms with Crippen molar-refractivity contribution in [2.24, 2.45) is 0 Å². The smallest absolute Gasteiger partial charge is 0.325 e. The molecule has 0 aliphatic carbocycles. The monoisotopic (exact) mass is 434 g/mol. The summed E-state index contributed by atoms with van der Waals surface area (Å²) < 4.78 is 10.7. The van der Waals surface area contributed by atoms with Crippen LogP contribution in [0.1, 0.15) is 135 Å². The first-order valence-electron chi connectivity index (χ1n) is 12.2. The quantitative estimate of drug-likeness (QED) is 0.115. The maximum Gasteiger partial charge on any atom is 0.325 e. The Kier molecular flexibility index (Phi) is 20.6. The first-order valence-corrected chi connectivity index (χ1v) is 14.0. The fourth-order valence-electron chi connectivity index (χ4n) is 3.78. The highest BCUT2D eigenvalue weighted by molar-refractivity contribution is 7.51. The number of aliphatic carboxylic acids is 1. The Bertz CT molecular complexity index is 408. The number of carboxylic acids is 1. The first kappa shape index (κ1) is 28.6. The van der Waals surface area contributed by atoms with Crippen molar-refractivity contribution in [2.75, 3.05) is 6.16 Å². The van der Waals surface area contributed by atoms with Gasteiger partial charge in [-0.15, -0.1) is 0 Å². The van der Waals surface area contributed by atoms with E-state index in [9.17, 15) is 9.36 Å². The maximum absolute atomic E-state index is 10.7. The van der Waals surface area contributed by atoms with E-state index in [1.165, 1.54) is 96.3 Å². The summed E-state index contributed by atoms with van der Waals surface area (Å²) in [5.74, 6) is -0.671. The van der Waals surface area contributed by atoms with Crippen LogP contribution in [0.4, 0.5) is 0 Å². The van der Waals surface area contributed by atoms with Crippen molar-refractivity contribution in [3.63, 3.8) is 0 Å². The molecular formula is C23H47O5P. The summed E-state index contributed by atoms with van der Waals surface area (Å²) in [6, 6.07) is 0. The van der Waals surface area contributed by atoms with Gasteiger partial charge in [0, 0.05) is 12.6 Å². The number of rotatable bonds is 23. The summed E-state index contributed by atoms with van der Waals surface area (Å²) >= 11 is 0. The summed E-state index contributed by atoms with van der Waals surface area (Å²) in [7, 11) is -3.78. The largest absolute Gasteiger partial charge is 0.481 e. The molecule has 0 fully saturated rings. The highest BCUT2D eigenvalue weighted by Crippen LogP contribution is 2.35. The predicted molar refractivity (Wildman–Crippen MR) is 122 cm³/mol. The van der Waals surface area contributed by atoms with Gasteiger partial charge in [0.2, 0.25) is 0 Å². The molecule has 5 nitrogen and oxygen atoms in total. The van der Waals surface area contributed by atoms with Gasteiger partial charge in [0.15, 0.2) is 0 Å². The van der Waals surface area contributed by atoms with Crippen LogP contribution in [-0.4, -0.2) is 27.0 Å². The number of hydrogen-bond donors (Lipinski definition) is 3. The van der Waals surface area contributed by atoms with E-state index in [1.807, 2.05) is 0 Å². The van der Waals surface area contributed by atoms with Gasteiger partial charge >= 0.3 is 13.6 Å². The lowest BCUT2D eigenvalue weighted by molar-refractivity contribution is -0.137. The molecule has 0 atom stereocenters. The molecule has 0 unspecified atom stereocenters. The van der Waals surface area contributed by atoms with Crippen molar-refractivity contribution in [1.82, 2.24) is 0 Å². The molecule has 0 saturated heterocycles. The van der Waals surface area contributed by atoms with Crippen LogP contribution < -0.4 is 0 Å². The number of hydrogen-bond acceptors (Lipinski definition) is 2. The van der Waals surface area contributed by atoms with Gasteiger partial charge in [-0.3, -0.25) is 9.36 Å². The highest BCUT2D eigenvalue weighted by atomic mass is 31.2. The minimum absolute atomic E-state index is 0.0448. The standard InChI is InChI=1S/C23H47O5P/c24-23(25)21-19-17-15-13-11-9-7-5-3-1-2-4-6-8-10-12-14-16-18-20-22-29(26,27)28/h1-22H2,(H,24,25)(H2,26,27,28). The van der Waals surface area contributed by atoms with Crippen molar-refractivity contribution < 1.29 is 24.3 Å². The normalized spacial score (nSPS) is 11.8. The average molecular weight is 435 g/mol. The van der Waals surface area contributed by atoms with E-state index in [-0.39, 0.29) is 6.16 Å². The van der Waals surface area contributed by atoms with Gasteiger partial charge in [0.25, 0.3) is 0 Å². The van der Waals surface area contributed by atoms with Crippen molar-refractivity contribution in [3.05, 3.63) is 0 Å². The molecule has 0 heterocycles. The zero-order chi connectivity index (χ0) is 21.6. The number of carboxylic acid groups (broad SMARTS) is 1. The van der Waals surface area contributed by atoms with Gasteiger partial charge in [-0.05, 0) is 12.8 Å². The minimum Gasteiger partial charge on any atom is -0.481 e. The van der Waals surface area contributed by atoms with Crippen molar-refractivity contribution >= 4 is 13.6 Å². The molecule has 0 aromatic rings. The fraction of sp³-hybridized carbons (Fsp3) is 0.957. The van der Waals surface area contributed by atoms with Crippen molar-refractivity contribution in [3.8, 4) is 0 Å². The summed E-state index contributed by atoms with van der Waals surface area (Å²) in [5.41, 5.74) is 0. The minimum atomic E-state index is -3.78. The molecule has 0 aromatic heterocycles. The Morgan fingerprint density at radius 2 is 0.724 bits per heavy atom. The molecule has 0 bridgehead atoms. The van der Waals surface area contributed by atoms with Crippen LogP contribution in [0, 0.1) is 0 Å². The molecule has 6 heteroatoms. The zero-order valence-corrected chi connectivity index (χ0v) is 19.6. The third kappa shape index (κ3) is 27.6.